The van der Waals surface area contributed by atoms with E-state index < -0.39 is 0 Å². The van der Waals surface area contributed by atoms with E-state index in [0.29, 0.717) is 18.4 Å². The van der Waals surface area contributed by atoms with Gasteiger partial charge in [0.2, 0.25) is 5.95 Å². The summed E-state index contributed by atoms with van der Waals surface area (Å²) in [6.45, 7) is 4.65. The summed E-state index contributed by atoms with van der Waals surface area (Å²) in [6.07, 6.45) is 5.20. The maximum Gasteiger partial charge on any atom is 0.306 e. The number of anilines is 1. The molecule has 0 bridgehead atoms. The van der Waals surface area contributed by atoms with Gasteiger partial charge in [0.15, 0.2) is 0 Å². The molecule has 0 amide bonds. The summed E-state index contributed by atoms with van der Waals surface area (Å²) < 4.78 is 12.6. The van der Waals surface area contributed by atoms with Crippen LogP contribution in [-0.4, -0.2) is 39.1 Å². The molecule has 0 aliphatic heterocycles. The number of methoxy groups -OCH3 is 1. The SMILES string of the molecule is COCC(C)Nc1nccc(-c2c(-c3ccc(C)cc3)nc3occn23)n1. The lowest BCUT2D eigenvalue weighted by atomic mass is 10.1. The number of nitrogens with zero attached hydrogens (tertiary/aromatic N) is 4. The number of fused-ring (bicyclic) bond motifs is 1. The summed E-state index contributed by atoms with van der Waals surface area (Å²) in [5, 5.41) is 3.25. The highest BCUT2D eigenvalue weighted by atomic mass is 16.5. The first-order valence-corrected chi connectivity index (χ1v) is 8.77. The molecule has 1 atom stereocenters. The molecule has 0 saturated carbocycles. The Labute approximate surface area is 157 Å². The number of benzene rings is 1. The van der Waals surface area contributed by atoms with Gasteiger partial charge in [-0.15, -0.1) is 0 Å². The van der Waals surface area contributed by atoms with E-state index in [9.17, 15) is 0 Å². The van der Waals surface area contributed by atoms with Crippen molar-refractivity contribution < 1.29 is 9.15 Å². The summed E-state index contributed by atoms with van der Waals surface area (Å²) >= 11 is 0. The average molecular weight is 363 g/mol. The number of oxazole rings is 1. The van der Waals surface area contributed by atoms with Crippen molar-refractivity contribution in [3.8, 4) is 22.6 Å². The average Bonchev–Trinajstić information content (AvgIpc) is 3.23. The lowest BCUT2D eigenvalue weighted by Gasteiger charge is -2.13. The first kappa shape index (κ1) is 17.2. The number of nitrogens with one attached hydrogen (secondary N) is 1. The Morgan fingerprint density at radius 3 is 2.78 bits per heavy atom. The highest BCUT2D eigenvalue weighted by molar-refractivity contribution is 5.79. The van der Waals surface area contributed by atoms with Crippen LogP contribution in [0, 0.1) is 6.92 Å². The van der Waals surface area contributed by atoms with E-state index in [1.165, 1.54) is 5.56 Å². The zero-order chi connectivity index (χ0) is 18.8. The Hall–Kier alpha value is -3.19. The van der Waals surface area contributed by atoms with E-state index >= 15 is 0 Å². The summed E-state index contributed by atoms with van der Waals surface area (Å²) in [5.74, 6) is 1.08. The van der Waals surface area contributed by atoms with Gasteiger partial charge in [0.05, 0.1) is 12.3 Å². The number of hydrogen-bond acceptors (Lipinski definition) is 6. The third-order valence-corrected chi connectivity index (χ3v) is 4.28. The van der Waals surface area contributed by atoms with E-state index in [0.717, 1.165) is 22.6 Å². The lowest BCUT2D eigenvalue weighted by molar-refractivity contribution is 0.190. The predicted molar refractivity (Wildman–Crippen MR) is 104 cm³/mol. The molecule has 1 N–H and O–H groups in total. The minimum absolute atomic E-state index is 0.0983. The molecule has 1 aromatic carbocycles. The van der Waals surface area contributed by atoms with Gasteiger partial charge in [-0.1, -0.05) is 29.8 Å². The number of aromatic nitrogens is 4. The summed E-state index contributed by atoms with van der Waals surface area (Å²) in [6, 6.07) is 10.2. The minimum Gasteiger partial charge on any atom is -0.432 e. The largest absolute Gasteiger partial charge is 0.432 e. The highest BCUT2D eigenvalue weighted by Crippen LogP contribution is 2.32. The van der Waals surface area contributed by atoms with E-state index in [-0.39, 0.29) is 6.04 Å². The maximum atomic E-state index is 5.51. The quantitative estimate of drug-likeness (QED) is 0.561. The van der Waals surface area contributed by atoms with Crippen LogP contribution in [0.2, 0.25) is 0 Å². The molecular formula is C20H21N5O2. The molecule has 0 radical (unpaired) electrons. The molecule has 7 heteroatoms. The topological polar surface area (TPSA) is 77.5 Å². The van der Waals surface area contributed by atoms with Crippen molar-refractivity contribution in [2.75, 3.05) is 19.0 Å². The molecular weight excluding hydrogens is 342 g/mol. The van der Waals surface area contributed by atoms with Crippen LogP contribution in [0.4, 0.5) is 5.95 Å². The third-order valence-electron chi connectivity index (χ3n) is 4.28. The molecule has 0 fully saturated rings. The fourth-order valence-corrected chi connectivity index (χ4v) is 3.02. The van der Waals surface area contributed by atoms with Gasteiger partial charge in [-0.2, -0.15) is 4.98 Å². The fourth-order valence-electron chi connectivity index (χ4n) is 3.02. The second kappa shape index (κ2) is 7.20. The molecule has 138 valence electrons. The molecule has 3 aromatic heterocycles. The van der Waals surface area contributed by atoms with Crippen molar-refractivity contribution in [2.45, 2.75) is 19.9 Å². The van der Waals surface area contributed by atoms with Crippen molar-refractivity contribution >= 4 is 11.8 Å². The van der Waals surface area contributed by atoms with Crippen molar-refractivity contribution in [1.29, 1.82) is 0 Å². The van der Waals surface area contributed by atoms with Crippen LogP contribution < -0.4 is 5.32 Å². The Morgan fingerprint density at radius 1 is 1.19 bits per heavy atom. The second-order valence-corrected chi connectivity index (χ2v) is 6.50. The van der Waals surface area contributed by atoms with Crippen molar-refractivity contribution in [2.24, 2.45) is 0 Å². The molecule has 7 nitrogen and oxygen atoms in total. The summed E-state index contributed by atoms with van der Waals surface area (Å²) in [7, 11) is 1.67. The van der Waals surface area contributed by atoms with Gasteiger partial charge < -0.3 is 14.5 Å². The predicted octanol–water partition coefficient (Wildman–Crippen LogP) is 3.81. The third kappa shape index (κ3) is 3.41. The molecule has 0 aliphatic carbocycles. The van der Waals surface area contributed by atoms with E-state index in [1.54, 1.807) is 19.6 Å². The van der Waals surface area contributed by atoms with Crippen LogP contribution in [-0.2, 0) is 4.74 Å². The molecule has 4 rings (SSSR count). The Bertz CT molecular complexity index is 1050. The Kier molecular flexibility index (Phi) is 4.60. The minimum atomic E-state index is 0.0983. The van der Waals surface area contributed by atoms with Crippen LogP contribution in [0.3, 0.4) is 0 Å². The van der Waals surface area contributed by atoms with Crippen LogP contribution >= 0.6 is 0 Å². The fraction of sp³-hybridized carbons (Fsp3) is 0.250. The van der Waals surface area contributed by atoms with E-state index in [2.05, 4.69) is 46.5 Å². The smallest absolute Gasteiger partial charge is 0.306 e. The number of rotatable bonds is 6. The zero-order valence-corrected chi connectivity index (χ0v) is 15.5. The van der Waals surface area contributed by atoms with Crippen molar-refractivity contribution in [3.05, 3.63) is 54.6 Å². The molecule has 0 aliphatic rings. The summed E-state index contributed by atoms with van der Waals surface area (Å²) in [5.41, 5.74) is 4.66. The van der Waals surface area contributed by atoms with Gasteiger partial charge in [0.1, 0.15) is 17.7 Å². The van der Waals surface area contributed by atoms with E-state index in [4.69, 9.17) is 14.1 Å². The Balaban J connectivity index is 1.80. The zero-order valence-electron chi connectivity index (χ0n) is 15.5. The van der Waals surface area contributed by atoms with Gasteiger partial charge in [0.25, 0.3) is 0 Å². The number of hydrogen-bond donors (Lipinski definition) is 1. The highest BCUT2D eigenvalue weighted by Gasteiger charge is 2.19. The van der Waals surface area contributed by atoms with Crippen LogP contribution in [0.25, 0.3) is 28.5 Å². The van der Waals surface area contributed by atoms with Gasteiger partial charge >= 0.3 is 5.84 Å². The normalized spacial score (nSPS) is 12.4. The monoisotopic (exact) mass is 363 g/mol. The second-order valence-electron chi connectivity index (χ2n) is 6.50. The van der Waals surface area contributed by atoms with Crippen molar-refractivity contribution in [1.82, 2.24) is 19.4 Å². The first-order valence-electron chi connectivity index (χ1n) is 8.77. The van der Waals surface area contributed by atoms with Gasteiger partial charge in [0, 0.05) is 31.1 Å². The van der Waals surface area contributed by atoms with Crippen molar-refractivity contribution in [3.63, 3.8) is 0 Å². The molecule has 4 aromatic rings. The molecule has 0 saturated heterocycles. The summed E-state index contributed by atoms with van der Waals surface area (Å²) in [4.78, 5) is 13.7. The van der Waals surface area contributed by atoms with Crippen LogP contribution in [0.5, 0.6) is 0 Å². The lowest BCUT2D eigenvalue weighted by Crippen LogP contribution is -2.22. The number of ether oxygens (including phenoxy) is 1. The molecule has 3 heterocycles. The molecule has 27 heavy (non-hydrogen) atoms. The molecule has 1 unspecified atom stereocenters. The van der Waals surface area contributed by atoms with Gasteiger partial charge in [-0.25, -0.2) is 9.97 Å². The first-order chi connectivity index (χ1) is 13.2. The Morgan fingerprint density at radius 2 is 2.00 bits per heavy atom. The standard InChI is InChI=1S/C20H21N5O2/c1-13-4-6-15(7-5-13)17-18(25-10-11-27-20(25)24-17)16-8-9-21-19(23-16)22-14(2)12-26-3/h4-11,14H,12H2,1-3H3,(H,21,22,23). The molecule has 0 spiro atoms. The van der Waals surface area contributed by atoms with Gasteiger partial charge in [-0.05, 0) is 19.9 Å². The van der Waals surface area contributed by atoms with Crippen LogP contribution in [0.1, 0.15) is 12.5 Å². The maximum absolute atomic E-state index is 5.51. The number of aryl methyl sites for hydroxylation is 1. The van der Waals surface area contributed by atoms with E-state index in [1.807, 2.05) is 23.6 Å². The van der Waals surface area contributed by atoms with Gasteiger partial charge in [-0.3, -0.25) is 4.40 Å². The number of imidazole rings is 1. The van der Waals surface area contributed by atoms with Crippen LogP contribution in [0.15, 0.2) is 53.4 Å².